The number of anilines is 1. The molecule has 4 rings (SSSR count). The number of halogens is 2. The number of nitrogens with zero attached hydrogens (tertiary/aromatic N) is 1. The Bertz CT molecular complexity index is 1190. The summed E-state index contributed by atoms with van der Waals surface area (Å²) in [5, 5.41) is 12.7. The average molecular weight is 413 g/mol. The van der Waals surface area contributed by atoms with E-state index in [1.54, 1.807) is 17.0 Å². The van der Waals surface area contributed by atoms with Gasteiger partial charge in [-0.15, -0.1) is 0 Å². The molecule has 0 bridgehead atoms. The van der Waals surface area contributed by atoms with Gasteiger partial charge in [0.2, 0.25) is 5.91 Å². The highest BCUT2D eigenvalue weighted by Gasteiger charge is 2.27. The first-order valence-corrected chi connectivity index (χ1v) is 9.65. The highest BCUT2D eigenvalue weighted by Crippen LogP contribution is 2.30. The summed E-state index contributed by atoms with van der Waals surface area (Å²) in [6.07, 6.45) is 0.556. The SMILES string of the molecule is C[C@H]1c2ccc(F)cc2CCN1C(=O)CNc1cc2cc(CO)[nH]c(=O)c2cc1F. The van der Waals surface area contributed by atoms with E-state index >= 15 is 0 Å². The number of carbonyl (C=O) groups is 1. The summed E-state index contributed by atoms with van der Waals surface area (Å²) in [4.78, 5) is 28.9. The van der Waals surface area contributed by atoms with Crippen LogP contribution in [-0.4, -0.2) is 34.0 Å². The molecule has 2 heterocycles. The highest BCUT2D eigenvalue weighted by molar-refractivity contribution is 5.87. The molecule has 0 fully saturated rings. The van der Waals surface area contributed by atoms with Crippen LogP contribution in [0, 0.1) is 11.6 Å². The number of hydrogen-bond acceptors (Lipinski definition) is 4. The standard InChI is InChI=1S/C22H21F2N3O3/c1-12-17-3-2-15(23)6-13(17)4-5-27(12)21(29)10-25-20-8-14-7-16(11-28)26-22(30)18(14)9-19(20)24/h2-3,6-9,12,25,28H,4-5,10-11H2,1H3,(H,26,30)/t12-/m0/s1. The molecule has 6 nitrogen and oxygen atoms in total. The third-order valence-corrected chi connectivity index (χ3v) is 5.55. The number of aliphatic hydroxyl groups excluding tert-OH is 1. The van der Waals surface area contributed by atoms with E-state index in [1.807, 2.05) is 6.92 Å². The maximum absolute atomic E-state index is 14.5. The number of fused-ring (bicyclic) bond motifs is 2. The zero-order chi connectivity index (χ0) is 21.4. The first-order chi connectivity index (χ1) is 14.4. The van der Waals surface area contributed by atoms with Crippen LogP contribution in [0.1, 0.15) is 29.8 Å². The summed E-state index contributed by atoms with van der Waals surface area (Å²) in [6.45, 7) is 1.86. The minimum absolute atomic E-state index is 0.0949. The van der Waals surface area contributed by atoms with Gasteiger partial charge in [-0.25, -0.2) is 8.78 Å². The van der Waals surface area contributed by atoms with Crippen molar-refractivity contribution in [2.45, 2.75) is 26.0 Å². The number of hydrogen-bond donors (Lipinski definition) is 3. The van der Waals surface area contributed by atoms with Crippen molar-refractivity contribution in [2.24, 2.45) is 0 Å². The smallest absolute Gasteiger partial charge is 0.256 e. The summed E-state index contributed by atoms with van der Waals surface area (Å²) in [5.41, 5.74) is 1.72. The highest BCUT2D eigenvalue weighted by atomic mass is 19.1. The summed E-state index contributed by atoms with van der Waals surface area (Å²) in [6, 6.07) is 8.48. The molecule has 3 N–H and O–H groups in total. The minimum atomic E-state index is -0.648. The molecule has 1 atom stereocenters. The maximum atomic E-state index is 14.5. The van der Waals surface area contributed by atoms with Gasteiger partial charge in [0.15, 0.2) is 0 Å². The van der Waals surface area contributed by atoms with Crippen molar-refractivity contribution in [3.05, 3.63) is 75.2 Å². The van der Waals surface area contributed by atoms with Gasteiger partial charge in [0, 0.05) is 12.2 Å². The van der Waals surface area contributed by atoms with E-state index in [2.05, 4.69) is 10.3 Å². The third kappa shape index (κ3) is 3.66. The monoisotopic (exact) mass is 413 g/mol. The van der Waals surface area contributed by atoms with Gasteiger partial charge >= 0.3 is 0 Å². The lowest BCUT2D eigenvalue weighted by Gasteiger charge is -2.35. The molecule has 1 aliphatic rings. The molecule has 1 aromatic heterocycles. The number of H-pyrrole nitrogens is 1. The molecule has 2 aromatic carbocycles. The molecule has 0 saturated heterocycles. The Balaban J connectivity index is 1.52. The van der Waals surface area contributed by atoms with Gasteiger partial charge in [0.1, 0.15) is 11.6 Å². The van der Waals surface area contributed by atoms with Gasteiger partial charge in [-0.05, 0) is 60.2 Å². The molecule has 3 aromatic rings. The number of aromatic nitrogens is 1. The molecule has 8 heteroatoms. The fraction of sp³-hybridized carbons (Fsp3) is 0.273. The van der Waals surface area contributed by atoms with E-state index in [0.29, 0.717) is 24.0 Å². The second-order valence-corrected chi connectivity index (χ2v) is 7.41. The lowest BCUT2D eigenvalue weighted by atomic mass is 9.93. The van der Waals surface area contributed by atoms with Crippen molar-refractivity contribution < 1.29 is 18.7 Å². The average Bonchev–Trinajstić information content (AvgIpc) is 2.72. The maximum Gasteiger partial charge on any atom is 0.256 e. The Kier molecular flexibility index (Phi) is 5.26. The number of aliphatic hydroxyl groups is 1. The van der Waals surface area contributed by atoms with Crippen LogP contribution in [0.5, 0.6) is 0 Å². The fourth-order valence-electron chi connectivity index (χ4n) is 3.98. The number of rotatable bonds is 4. The first-order valence-electron chi connectivity index (χ1n) is 9.65. The Morgan fingerprint density at radius 3 is 2.83 bits per heavy atom. The van der Waals surface area contributed by atoms with E-state index < -0.39 is 11.4 Å². The Morgan fingerprint density at radius 2 is 2.07 bits per heavy atom. The van der Waals surface area contributed by atoms with Crippen molar-refractivity contribution in [2.75, 3.05) is 18.4 Å². The van der Waals surface area contributed by atoms with Crippen LogP contribution in [0.15, 0.2) is 41.2 Å². The topological polar surface area (TPSA) is 85.4 Å². The molecule has 0 spiro atoms. The van der Waals surface area contributed by atoms with Gasteiger partial charge < -0.3 is 20.3 Å². The van der Waals surface area contributed by atoms with Crippen molar-refractivity contribution in [3.8, 4) is 0 Å². The predicted molar refractivity (Wildman–Crippen MR) is 109 cm³/mol. The largest absolute Gasteiger partial charge is 0.390 e. The molecule has 156 valence electrons. The van der Waals surface area contributed by atoms with E-state index in [0.717, 1.165) is 17.2 Å². The summed E-state index contributed by atoms with van der Waals surface area (Å²) >= 11 is 0. The van der Waals surface area contributed by atoms with Gasteiger partial charge in [0.25, 0.3) is 5.56 Å². The molecule has 0 radical (unpaired) electrons. The molecule has 0 unspecified atom stereocenters. The van der Waals surface area contributed by atoms with Crippen LogP contribution in [-0.2, 0) is 17.8 Å². The molecular formula is C22H21F2N3O3. The number of pyridine rings is 1. The quantitative estimate of drug-likeness (QED) is 0.614. The lowest BCUT2D eigenvalue weighted by Crippen LogP contribution is -2.41. The molecular weight excluding hydrogens is 392 g/mol. The summed E-state index contributed by atoms with van der Waals surface area (Å²) in [5.74, 6) is -1.15. The molecule has 0 aliphatic carbocycles. The lowest BCUT2D eigenvalue weighted by molar-refractivity contribution is -0.131. The van der Waals surface area contributed by atoms with Crippen LogP contribution in [0.2, 0.25) is 0 Å². The van der Waals surface area contributed by atoms with Gasteiger partial charge in [-0.2, -0.15) is 0 Å². The van der Waals surface area contributed by atoms with Crippen molar-refractivity contribution in [3.63, 3.8) is 0 Å². The molecule has 30 heavy (non-hydrogen) atoms. The molecule has 0 saturated carbocycles. The molecule has 1 aliphatic heterocycles. The summed E-state index contributed by atoms with van der Waals surface area (Å²) in [7, 11) is 0. The molecule has 1 amide bonds. The van der Waals surface area contributed by atoms with E-state index in [1.165, 1.54) is 18.2 Å². The van der Waals surface area contributed by atoms with Crippen LogP contribution in [0.3, 0.4) is 0 Å². The summed E-state index contributed by atoms with van der Waals surface area (Å²) < 4.78 is 27.9. The Morgan fingerprint density at radius 1 is 1.27 bits per heavy atom. The third-order valence-electron chi connectivity index (χ3n) is 5.55. The number of nitrogens with one attached hydrogen (secondary N) is 2. The first kappa shape index (κ1) is 20.0. The zero-order valence-electron chi connectivity index (χ0n) is 16.3. The number of amides is 1. The van der Waals surface area contributed by atoms with Crippen molar-refractivity contribution in [1.82, 2.24) is 9.88 Å². The van der Waals surface area contributed by atoms with Crippen LogP contribution >= 0.6 is 0 Å². The van der Waals surface area contributed by atoms with Crippen LogP contribution < -0.4 is 10.9 Å². The normalized spacial score (nSPS) is 15.9. The predicted octanol–water partition coefficient (Wildman–Crippen LogP) is 2.86. The van der Waals surface area contributed by atoms with Crippen LogP contribution in [0.4, 0.5) is 14.5 Å². The number of benzene rings is 2. The van der Waals surface area contributed by atoms with E-state index in [-0.39, 0.29) is 42.0 Å². The van der Waals surface area contributed by atoms with E-state index in [9.17, 15) is 23.5 Å². The van der Waals surface area contributed by atoms with Crippen molar-refractivity contribution >= 4 is 22.4 Å². The van der Waals surface area contributed by atoms with E-state index in [4.69, 9.17) is 0 Å². The zero-order valence-corrected chi connectivity index (χ0v) is 16.3. The second kappa shape index (κ2) is 7.87. The Labute approximate surface area is 171 Å². The van der Waals surface area contributed by atoms with Crippen molar-refractivity contribution in [1.29, 1.82) is 0 Å². The minimum Gasteiger partial charge on any atom is -0.390 e. The number of carbonyl (C=O) groups excluding carboxylic acids is 1. The van der Waals surface area contributed by atoms with Gasteiger partial charge in [0.05, 0.1) is 30.3 Å². The second-order valence-electron chi connectivity index (χ2n) is 7.41. The van der Waals surface area contributed by atoms with Gasteiger partial charge in [-0.3, -0.25) is 9.59 Å². The fourth-order valence-corrected chi connectivity index (χ4v) is 3.98. The Hall–Kier alpha value is -3.26. The van der Waals surface area contributed by atoms with Crippen LogP contribution in [0.25, 0.3) is 10.8 Å². The van der Waals surface area contributed by atoms with Gasteiger partial charge in [-0.1, -0.05) is 6.07 Å². The number of aromatic amines is 1.